The number of carboxylic acid groups (broad SMARTS) is 1. The van der Waals surface area contributed by atoms with Gasteiger partial charge >= 0.3 is 12.1 Å². The highest BCUT2D eigenvalue weighted by Crippen LogP contribution is 2.29. The number of likely N-dealkylation sites (tertiary alicyclic amines) is 1. The molecule has 1 aliphatic rings. The molecule has 1 amide bonds. The van der Waals surface area contributed by atoms with Crippen LogP contribution in [0, 0.1) is 5.92 Å². The summed E-state index contributed by atoms with van der Waals surface area (Å²) in [4.78, 5) is 30.8. The van der Waals surface area contributed by atoms with Crippen LogP contribution >= 0.6 is 0 Å². The minimum Gasteiger partial charge on any atom is -0.477 e. The van der Waals surface area contributed by atoms with Crippen LogP contribution in [0.5, 0.6) is 0 Å². The van der Waals surface area contributed by atoms with Gasteiger partial charge in [0.1, 0.15) is 16.9 Å². The van der Waals surface area contributed by atoms with Crippen molar-refractivity contribution in [2.24, 2.45) is 11.7 Å². The molecular weight excluding hydrogens is 570 g/mol. The predicted molar refractivity (Wildman–Crippen MR) is 166 cm³/mol. The number of hydrogen-bond donors (Lipinski definition) is 3. The molecule has 228 valence electrons. The van der Waals surface area contributed by atoms with Crippen molar-refractivity contribution in [2.45, 2.75) is 52.3 Å². The number of carbonyl (C=O) groups is 2. The van der Waals surface area contributed by atoms with E-state index in [4.69, 9.17) is 10.5 Å². The van der Waals surface area contributed by atoms with Gasteiger partial charge in [-0.05, 0) is 86.2 Å². The zero-order valence-electron chi connectivity index (χ0n) is 24.5. The van der Waals surface area contributed by atoms with E-state index < -0.39 is 21.6 Å². The molecular formula is C31H37N5O6S. The van der Waals surface area contributed by atoms with Gasteiger partial charge in [-0.15, -0.1) is 0 Å². The summed E-state index contributed by atoms with van der Waals surface area (Å²) in [7, 11) is -3.73. The monoisotopic (exact) mass is 607 g/mol. The first-order valence-corrected chi connectivity index (χ1v) is 15.9. The summed E-state index contributed by atoms with van der Waals surface area (Å²) in [5, 5.41) is 12.3. The first kappa shape index (κ1) is 30.3. The number of sulfonamides is 1. The van der Waals surface area contributed by atoms with Crippen LogP contribution in [-0.4, -0.2) is 64.5 Å². The lowest BCUT2D eigenvalue weighted by molar-refractivity contribution is 0.0191. The highest BCUT2D eigenvalue weighted by molar-refractivity contribution is 7.92. The largest absolute Gasteiger partial charge is 0.477 e. The van der Waals surface area contributed by atoms with E-state index in [1.807, 2.05) is 45.0 Å². The summed E-state index contributed by atoms with van der Waals surface area (Å²) in [5.41, 5.74) is 7.53. The number of carbonyl (C=O) groups excluding carboxylic acids is 1. The Labute approximate surface area is 250 Å². The molecule has 0 unspecified atom stereocenters. The van der Waals surface area contributed by atoms with Crippen molar-refractivity contribution >= 4 is 49.6 Å². The summed E-state index contributed by atoms with van der Waals surface area (Å²) in [5.74, 6) is -1.27. The van der Waals surface area contributed by atoms with Gasteiger partial charge in [-0.2, -0.15) is 0 Å². The van der Waals surface area contributed by atoms with Gasteiger partial charge in [0.05, 0.1) is 18.0 Å². The van der Waals surface area contributed by atoms with Gasteiger partial charge < -0.3 is 25.0 Å². The van der Waals surface area contributed by atoms with Crippen molar-refractivity contribution in [3.63, 3.8) is 0 Å². The molecule has 2 aromatic heterocycles. The van der Waals surface area contributed by atoms with E-state index in [1.165, 1.54) is 0 Å². The molecule has 0 atom stereocenters. The van der Waals surface area contributed by atoms with Gasteiger partial charge in [-0.25, -0.2) is 23.0 Å². The van der Waals surface area contributed by atoms with Gasteiger partial charge in [0.2, 0.25) is 10.0 Å². The predicted octanol–water partition coefficient (Wildman–Crippen LogP) is 4.78. The summed E-state index contributed by atoms with van der Waals surface area (Å²) in [6.45, 7) is 6.68. The van der Waals surface area contributed by atoms with Gasteiger partial charge in [0.15, 0.2) is 0 Å². The minimum atomic E-state index is -3.73. The Morgan fingerprint density at radius 1 is 1.07 bits per heavy atom. The van der Waals surface area contributed by atoms with E-state index in [0.29, 0.717) is 48.3 Å². The van der Waals surface area contributed by atoms with E-state index in [1.54, 1.807) is 39.8 Å². The SMILES string of the molecule is CC(C)(C)OC(=O)N1CCC(CS(=O)(=O)Nc2cc(Cn3c(C(=O)O)cc4ccc(CN)nc43)c3ccccc3c2)CC1. The maximum absolute atomic E-state index is 13.3. The highest BCUT2D eigenvalue weighted by atomic mass is 32.2. The Bertz CT molecular complexity index is 1790. The molecule has 0 radical (unpaired) electrons. The van der Waals surface area contributed by atoms with Crippen LogP contribution in [0.1, 0.15) is 55.4 Å². The number of fused-ring (bicyclic) bond motifs is 2. The Morgan fingerprint density at radius 2 is 1.79 bits per heavy atom. The molecule has 4 aromatic rings. The number of nitrogens with two attached hydrogens (primary N) is 1. The molecule has 1 aliphatic heterocycles. The molecule has 43 heavy (non-hydrogen) atoms. The zero-order valence-corrected chi connectivity index (χ0v) is 25.4. The van der Waals surface area contributed by atoms with Gasteiger partial charge in [-0.3, -0.25) is 4.72 Å². The van der Waals surface area contributed by atoms with Crippen molar-refractivity contribution in [3.8, 4) is 0 Å². The molecule has 0 saturated carbocycles. The molecule has 12 heteroatoms. The highest BCUT2D eigenvalue weighted by Gasteiger charge is 2.29. The number of nitrogens with zero attached hydrogens (tertiary/aromatic N) is 3. The lowest BCUT2D eigenvalue weighted by Gasteiger charge is -2.33. The van der Waals surface area contributed by atoms with Crippen LogP contribution in [0.4, 0.5) is 10.5 Å². The average molecular weight is 608 g/mol. The Hall–Kier alpha value is -4.16. The van der Waals surface area contributed by atoms with Gasteiger partial charge in [-0.1, -0.05) is 24.3 Å². The number of aromatic carboxylic acids is 1. The van der Waals surface area contributed by atoms with Crippen LogP contribution in [0.3, 0.4) is 0 Å². The molecule has 3 heterocycles. The standard InChI is InChI=1S/C31H37N5O6S/c1-31(2,3)42-30(39)35-12-10-20(11-13-35)19-43(40,41)34-25-14-21-6-4-5-7-26(21)23(15-25)18-36-27(29(37)38)16-22-8-9-24(17-32)33-28(22)36/h4-9,14-16,20,34H,10-13,17-19,32H2,1-3H3,(H,37,38). The number of carboxylic acids is 1. The van der Waals surface area contributed by atoms with Crippen LogP contribution in [0.2, 0.25) is 0 Å². The number of nitrogens with one attached hydrogen (secondary N) is 1. The number of hydrogen-bond acceptors (Lipinski definition) is 7. The van der Waals surface area contributed by atoms with E-state index in [2.05, 4.69) is 9.71 Å². The maximum atomic E-state index is 13.3. The first-order valence-electron chi connectivity index (χ1n) is 14.2. The Balaban J connectivity index is 1.38. The summed E-state index contributed by atoms with van der Waals surface area (Å²) in [6.07, 6.45) is 0.728. The zero-order chi connectivity index (χ0) is 30.9. The lowest BCUT2D eigenvalue weighted by Crippen LogP contribution is -2.43. The van der Waals surface area contributed by atoms with Crippen LogP contribution in [0.15, 0.2) is 54.6 Å². The van der Waals surface area contributed by atoms with Crippen LogP contribution in [-0.2, 0) is 27.8 Å². The van der Waals surface area contributed by atoms with Crippen LogP contribution in [0.25, 0.3) is 21.8 Å². The average Bonchev–Trinajstić information content (AvgIpc) is 3.29. The molecule has 1 saturated heterocycles. The van der Waals surface area contributed by atoms with E-state index >= 15 is 0 Å². The van der Waals surface area contributed by atoms with E-state index in [9.17, 15) is 23.1 Å². The number of piperidine rings is 1. The number of aromatic nitrogens is 2. The smallest absolute Gasteiger partial charge is 0.410 e. The first-order chi connectivity index (χ1) is 20.3. The van der Waals surface area contributed by atoms with Gasteiger partial charge in [0.25, 0.3) is 0 Å². The molecule has 11 nitrogen and oxygen atoms in total. The molecule has 5 rings (SSSR count). The summed E-state index contributed by atoms with van der Waals surface area (Å²) < 4.78 is 36.4. The Morgan fingerprint density at radius 3 is 2.47 bits per heavy atom. The van der Waals surface area contributed by atoms with Crippen molar-refractivity contribution in [2.75, 3.05) is 23.6 Å². The normalized spacial score (nSPS) is 14.7. The molecule has 0 aliphatic carbocycles. The third-order valence-electron chi connectivity index (χ3n) is 7.50. The van der Waals surface area contributed by atoms with E-state index in [-0.39, 0.29) is 36.5 Å². The second kappa shape index (κ2) is 11.8. The van der Waals surface area contributed by atoms with Crippen molar-refractivity contribution in [3.05, 3.63) is 71.5 Å². The second-order valence-electron chi connectivity index (χ2n) is 12.0. The third-order valence-corrected chi connectivity index (χ3v) is 8.96. The van der Waals surface area contributed by atoms with Crippen LogP contribution < -0.4 is 10.5 Å². The molecule has 1 fully saturated rings. The number of rotatable bonds is 8. The summed E-state index contributed by atoms with van der Waals surface area (Å²) >= 11 is 0. The molecule has 4 N–H and O–H groups in total. The number of pyridine rings is 1. The lowest BCUT2D eigenvalue weighted by atomic mass is 9.99. The van der Waals surface area contributed by atoms with E-state index in [0.717, 1.165) is 16.3 Å². The second-order valence-corrected chi connectivity index (χ2v) is 13.8. The number of ether oxygens (including phenoxy) is 1. The van der Waals surface area contributed by atoms with Crippen molar-refractivity contribution < 1.29 is 27.9 Å². The maximum Gasteiger partial charge on any atom is 0.410 e. The van der Waals surface area contributed by atoms with Crippen molar-refractivity contribution in [1.29, 1.82) is 0 Å². The molecule has 0 bridgehead atoms. The number of benzene rings is 2. The fourth-order valence-electron chi connectivity index (χ4n) is 5.51. The van der Waals surface area contributed by atoms with Gasteiger partial charge in [0, 0.05) is 30.7 Å². The quantitative estimate of drug-likeness (QED) is 0.258. The fraction of sp³-hybridized carbons (Fsp3) is 0.387. The minimum absolute atomic E-state index is 0.0736. The molecule has 0 spiro atoms. The summed E-state index contributed by atoms with van der Waals surface area (Å²) in [6, 6.07) is 16.2. The Kier molecular flexibility index (Phi) is 8.35. The third kappa shape index (κ3) is 7.08. The number of anilines is 1. The van der Waals surface area contributed by atoms with Crippen molar-refractivity contribution in [1.82, 2.24) is 14.5 Å². The molecule has 2 aromatic carbocycles. The number of amides is 1. The topological polar surface area (TPSA) is 157 Å². The fourth-order valence-corrected chi connectivity index (χ4v) is 7.02.